The van der Waals surface area contributed by atoms with Crippen LogP contribution in [0.2, 0.25) is 0 Å². The molecular weight excluding hydrogens is 304 g/mol. The van der Waals surface area contributed by atoms with Crippen molar-refractivity contribution < 1.29 is 14.3 Å². The summed E-state index contributed by atoms with van der Waals surface area (Å²) in [6.07, 6.45) is 3.48. The maximum atomic E-state index is 12.9. The third-order valence-corrected chi connectivity index (χ3v) is 7.91. The molecule has 1 saturated heterocycles. The van der Waals surface area contributed by atoms with E-state index in [2.05, 4.69) is 25.7 Å². The van der Waals surface area contributed by atoms with Gasteiger partial charge in [-0.05, 0) is 42.9 Å². The summed E-state index contributed by atoms with van der Waals surface area (Å²) in [6, 6.07) is 0. The van der Waals surface area contributed by atoms with Crippen LogP contribution in [-0.4, -0.2) is 55.9 Å². The Bertz CT molecular complexity index is 489. The van der Waals surface area contributed by atoms with Crippen LogP contribution in [0.25, 0.3) is 0 Å². The second-order valence-electron chi connectivity index (χ2n) is 8.56. The van der Waals surface area contributed by atoms with E-state index in [4.69, 9.17) is 15.2 Å². The van der Waals surface area contributed by atoms with Gasteiger partial charge in [-0.3, -0.25) is 9.69 Å². The van der Waals surface area contributed by atoms with Crippen molar-refractivity contribution >= 4 is 5.97 Å². The number of ether oxygens (including phenoxy) is 2. The molecule has 4 atom stereocenters. The lowest BCUT2D eigenvalue weighted by Gasteiger charge is -2.58. The predicted octanol–water partition coefficient (Wildman–Crippen LogP) is 2.04. The highest BCUT2D eigenvalue weighted by Crippen LogP contribution is 2.72. The summed E-state index contributed by atoms with van der Waals surface area (Å²) in [5, 5.41) is 0. The third kappa shape index (κ3) is 2.20. The number of nitrogens with zero attached hydrogens (tertiary/aromatic N) is 1. The first kappa shape index (κ1) is 18.2. The van der Waals surface area contributed by atoms with Gasteiger partial charge in [-0.25, -0.2) is 0 Å². The predicted molar refractivity (Wildman–Crippen MR) is 93.5 cm³/mol. The number of hydrogen-bond donors (Lipinski definition) is 1. The van der Waals surface area contributed by atoms with Gasteiger partial charge in [-0.2, -0.15) is 0 Å². The van der Waals surface area contributed by atoms with E-state index in [1.54, 1.807) is 0 Å². The van der Waals surface area contributed by atoms with E-state index in [0.29, 0.717) is 19.1 Å². The van der Waals surface area contributed by atoms with E-state index in [-0.39, 0.29) is 28.3 Å². The fraction of sp³-hybridized carbons (Fsp3) is 0.947. The van der Waals surface area contributed by atoms with Crippen LogP contribution in [0.15, 0.2) is 0 Å². The van der Waals surface area contributed by atoms with Gasteiger partial charge in [0.1, 0.15) is 0 Å². The molecule has 0 radical (unpaired) electrons. The molecule has 3 fully saturated rings. The standard InChI is InChI=1S/C19H34N2O3/c1-5-24-16(22)15(13-20)19(21-8-10-23-11-9-21)12-14-6-7-18(19,4)17(14,2)3/h14-15H,5-13,20H2,1-4H3/t14-,15-,18+,19+/m1/s1. The molecule has 0 aromatic rings. The van der Waals surface area contributed by atoms with Crippen LogP contribution in [0, 0.1) is 22.7 Å². The molecule has 3 rings (SSSR count). The molecule has 0 unspecified atom stereocenters. The number of esters is 1. The number of rotatable bonds is 5. The molecular formula is C19H34N2O3. The Morgan fingerprint density at radius 2 is 2.00 bits per heavy atom. The van der Waals surface area contributed by atoms with Gasteiger partial charge in [0, 0.05) is 25.2 Å². The molecule has 0 aromatic carbocycles. The normalized spacial score (nSPS) is 39.8. The molecule has 2 saturated carbocycles. The molecule has 2 bridgehead atoms. The van der Waals surface area contributed by atoms with E-state index in [0.717, 1.165) is 39.1 Å². The zero-order valence-corrected chi connectivity index (χ0v) is 15.8. The summed E-state index contributed by atoms with van der Waals surface area (Å²) in [6.45, 7) is 13.1. The Kier molecular flexibility index (Phi) is 4.73. The number of fused-ring (bicyclic) bond motifs is 2. The van der Waals surface area contributed by atoms with Crippen LogP contribution in [0.3, 0.4) is 0 Å². The maximum Gasteiger partial charge on any atom is 0.312 e. The van der Waals surface area contributed by atoms with Gasteiger partial charge < -0.3 is 15.2 Å². The fourth-order valence-corrected chi connectivity index (χ4v) is 6.25. The molecule has 0 amide bonds. The van der Waals surface area contributed by atoms with Crippen molar-refractivity contribution in [1.29, 1.82) is 0 Å². The van der Waals surface area contributed by atoms with Gasteiger partial charge in [-0.15, -0.1) is 0 Å². The summed E-state index contributed by atoms with van der Waals surface area (Å²) < 4.78 is 11.1. The summed E-state index contributed by atoms with van der Waals surface area (Å²) in [4.78, 5) is 15.4. The minimum absolute atomic E-state index is 0.0683. The molecule has 5 nitrogen and oxygen atoms in total. The summed E-state index contributed by atoms with van der Waals surface area (Å²) in [5.74, 6) is 0.273. The first-order chi connectivity index (χ1) is 11.3. The van der Waals surface area contributed by atoms with E-state index < -0.39 is 0 Å². The largest absolute Gasteiger partial charge is 0.466 e. The smallest absolute Gasteiger partial charge is 0.312 e. The van der Waals surface area contributed by atoms with E-state index in [9.17, 15) is 4.79 Å². The van der Waals surface area contributed by atoms with Gasteiger partial charge in [-0.1, -0.05) is 20.8 Å². The van der Waals surface area contributed by atoms with Crippen molar-refractivity contribution in [2.75, 3.05) is 39.5 Å². The zero-order chi connectivity index (χ0) is 17.6. The minimum Gasteiger partial charge on any atom is -0.466 e. The minimum atomic E-state index is -0.259. The Morgan fingerprint density at radius 3 is 2.46 bits per heavy atom. The topological polar surface area (TPSA) is 64.8 Å². The van der Waals surface area contributed by atoms with Crippen molar-refractivity contribution in [3.63, 3.8) is 0 Å². The van der Waals surface area contributed by atoms with Gasteiger partial charge in [0.15, 0.2) is 0 Å². The Hall–Kier alpha value is -0.650. The highest BCUT2D eigenvalue weighted by atomic mass is 16.5. The number of morpholine rings is 1. The van der Waals surface area contributed by atoms with Crippen LogP contribution >= 0.6 is 0 Å². The average Bonchev–Trinajstić information content (AvgIpc) is 2.89. The lowest BCUT2D eigenvalue weighted by atomic mass is 9.57. The van der Waals surface area contributed by atoms with Crippen LogP contribution in [0.1, 0.15) is 47.0 Å². The van der Waals surface area contributed by atoms with E-state index in [1.165, 1.54) is 6.42 Å². The van der Waals surface area contributed by atoms with Gasteiger partial charge in [0.25, 0.3) is 0 Å². The average molecular weight is 338 g/mol. The molecule has 2 aliphatic carbocycles. The summed E-state index contributed by atoms with van der Waals surface area (Å²) in [7, 11) is 0. The molecule has 138 valence electrons. The van der Waals surface area contributed by atoms with Crippen LogP contribution < -0.4 is 5.73 Å². The van der Waals surface area contributed by atoms with Crippen LogP contribution in [0.4, 0.5) is 0 Å². The molecule has 0 aromatic heterocycles. The molecule has 2 N–H and O–H groups in total. The number of carbonyl (C=O) groups is 1. The molecule has 1 heterocycles. The van der Waals surface area contributed by atoms with Gasteiger partial charge in [0.2, 0.25) is 0 Å². The zero-order valence-electron chi connectivity index (χ0n) is 15.8. The number of hydrogen-bond acceptors (Lipinski definition) is 5. The van der Waals surface area contributed by atoms with Crippen molar-refractivity contribution in [2.24, 2.45) is 28.4 Å². The summed E-state index contributed by atoms with van der Waals surface area (Å²) >= 11 is 0. The Balaban J connectivity index is 2.07. The third-order valence-electron chi connectivity index (χ3n) is 7.91. The van der Waals surface area contributed by atoms with Gasteiger partial charge >= 0.3 is 5.97 Å². The first-order valence-corrected chi connectivity index (χ1v) is 9.54. The maximum absolute atomic E-state index is 12.9. The monoisotopic (exact) mass is 338 g/mol. The molecule has 0 spiro atoms. The number of nitrogens with two attached hydrogens (primary N) is 1. The highest BCUT2D eigenvalue weighted by molar-refractivity contribution is 5.75. The van der Waals surface area contributed by atoms with Crippen LogP contribution in [0.5, 0.6) is 0 Å². The van der Waals surface area contributed by atoms with Crippen molar-refractivity contribution in [3.8, 4) is 0 Å². The molecule has 24 heavy (non-hydrogen) atoms. The van der Waals surface area contributed by atoms with Crippen molar-refractivity contribution in [2.45, 2.75) is 52.5 Å². The Labute approximate surface area is 146 Å². The second kappa shape index (κ2) is 6.26. The lowest BCUT2D eigenvalue weighted by molar-refractivity contribution is -0.168. The van der Waals surface area contributed by atoms with Crippen LogP contribution in [-0.2, 0) is 14.3 Å². The molecule has 1 aliphatic heterocycles. The van der Waals surface area contributed by atoms with Gasteiger partial charge in [0.05, 0.1) is 25.7 Å². The molecule has 3 aliphatic rings. The highest BCUT2D eigenvalue weighted by Gasteiger charge is 2.73. The lowest BCUT2D eigenvalue weighted by Crippen LogP contribution is -2.68. The fourth-order valence-electron chi connectivity index (χ4n) is 6.25. The first-order valence-electron chi connectivity index (χ1n) is 9.54. The van der Waals surface area contributed by atoms with E-state index in [1.807, 2.05) is 6.92 Å². The molecule has 5 heteroatoms. The number of carbonyl (C=O) groups excluding carboxylic acids is 1. The second-order valence-corrected chi connectivity index (χ2v) is 8.56. The van der Waals surface area contributed by atoms with Crippen molar-refractivity contribution in [3.05, 3.63) is 0 Å². The van der Waals surface area contributed by atoms with E-state index >= 15 is 0 Å². The van der Waals surface area contributed by atoms with Crippen molar-refractivity contribution in [1.82, 2.24) is 4.90 Å². The quantitative estimate of drug-likeness (QED) is 0.777. The Morgan fingerprint density at radius 1 is 1.33 bits per heavy atom. The summed E-state index contributed by atoms with van der Waals surface area (Å²) in [5.41, 5.74) is 6.27. The SMILES string of the molecule is CCOC(=O)[C@@H](CN)[C@@]1(N2CCOCC2)C[C@H]2CC[C@@]1(C)C2(C)C.